The highest BCUT2D eigenvalue weighted by atomic mass is 16.1. The first kappa shape index (κ1) is 13.0. The number of hydrogen-bond acceptors (Lipinski definition) is 1. The van der Waals surface area contributed by atoms with Gasteiger partial charge in [0.15, 0.2) is 5.78 Å². The summed E-state index contributed by atoms with van der Waals surface area (Å²) in [7, 11) is 0. The van der Waals surface area contributed by atoms with E-state index in [1.54, 1.807) is 12.2 Å². The third-order valence-corrected chi connectivity index (χ3v) is 4.16. The minimum Gasteiger partial charge on any atom is -0.290 e. The molecule has 0 heterocycles. The van der Waals surface area contributed by atoms with Crippen molar-refractivity contribution in [2.24, 2.45) is 0 Å². The van der Waals surface area contributed by atoms with Gasteiger partial charge in [-0.15, -0.1) is 0 Å². The molecule has 0 aliphatic heterocycles. The molecule has 0 amide bonds. The quantitative estimate of drug-likeness (QED) is 0.668. The van der Waals surface area contributed by atoms with Crippen molar-refractivity contribution >= 4 is 17.9 Å². The van der Waals surface area contributed by atoms with Crippen LogP contribution < -0.4 is 0 Å². The SMILES string of the molecule is O=C1C=CC2=CC3=Cc4ccccc4C=C(C=C(C=C1)C2)C3. The molecule has 4 bridgehead atoms. The smallest absolute Gasteiger partial charge is 0.178 e. The van der Waals surface area contributed by atoms with Crippen LogP contribution in [0.15, 0.2) is 83.0 Å². The van der Waals surface area contributed by atoms with E-state index in [2.05, 4.69) is 48.6 Å². The summed E-state index contributed by atoms with van der Waals surface area (Å²) in [5.41, 5.74) is 7.48. The molecular formula is C21H16O. The zero-order valence-corrected chi connectivity index (χ0v) is 12.3. The molecule has 0 unspecified atom stereocenters. The summed E-state index contributed by atoms with van der Waals surface area (Å²) in [5, 5.41) is 0. The third kappa shape index (κ3) is 2.58. The normalized spacial score (nSPS) is 19.4. The van der Waals surface area contributed by atoms with Crippen LogP contribution in [0.25, 0.3) is 12.2 Å². The third-order valence-electron chi connectivity index (χ3n) is 4.16. The number of ketones is 1. The average Bonchev–Trinajstić information content (AvgIpc) is 2.66. The molecule has 0 aromatic heterocycles. The van der Waals surface area contributed by atoms with Crippen molar-refractivity contribution in [1.82, 2.24) is 0 Å². The number of allylic oxidation sites excluding steroid dienone is 10. The van der Waals surface area contributed by atoms with Crippen LogP contribution in [0.1, 0.15) is 24.0 Å². The molecule has 4 rings (SSSR count). The van der Waals surface area contributed by atoms with Crippen LogP contribution in [-0.2, 0) is 4.79 Å². The molecule has 0 saturated carbocycles. The highest BCUT2D eigenvalue weighted by molar-refractivity contribution is 6.00. The Morgan fingerprint density at radius 1 is 0.591 bits per heavy atom. The van der Waals surface area contributed by atoms with Gasteiger partial charge >= 0.3 is 0 Å². The average molecular weight is 284 g/mol. The molecule has 0 radical (unpaired) electrons. The number of carbonyl (C=O) groups is 1. The van der Waals surface area contributed by atoms with E-state index in [-0.39, 0.29) is 5.78 Å². The summed E-state index contributed by atoms with van der Waals surface area (Å²) in [4.78, 5) is 11.7. The van der Waals surface area contributed by atoms with Gasteiger partial charge in [0, 0.05) is 0 Å². The van der Waals surface area contributed by atoms with E-state index in [0.717, 1.165) is 12.8 Å². The fourth-order valence-corrected chi connectivity index (χ4v) is 3.16. The molecule has 0 fully saturated rings. The van der Waals surface area contributed by atoms with Gasteiger partial charge in [-0.2, -0.15) is 0 Å². The lowest BCUT2D eigenvalue weighted by atomic mass is 9.91. The number of rotatable bonds is 0. The van der Waals surface area contributed by atoms with Crippen LogP contribution in [0.3, 0.4) is 0 Å². The summed E-state index contributed by atoms with van der Waals surface area (Å²) in [6.45, 7) is 0. The van der Waals surface area contributed by atoms with E-state index < -0.39 is 0 Å². The van der Waals surface area contributed by atoms with E-state index in [1.165, 1.54) is 33.4 Å². The van der Waals surface area contributed by atoms with Crippen molar-refractivity contribution in [1.29, 1.82) is 0 Å². The van der Waals surface area contributed by atoms with Gasteiger partial charge in [0.25, 0.3) is 0 Å². The van der Waals surface area contributed by atoms with Crippen LogP contribution in [0, 0.1) is 0 Å². The Labute approximate surface area is 130 Å². The lowest BCUT2D eigenvalue weighted by Gasteiger charge is -2.13. The van der Waals surface area contributed by atoms with Crippen molar-refractivity contribution < 1.29 is 4.79 Å². The Morgan fingerprint density at radius 2 is 1.09 bits per heavy atom. The molecule has 1 heteroatoms. The first-order valence-corrected chi connectivity index (χ1v) is 7.58. The Kier molecular flexibility index (Phi) is 3.12. The molecule has 22 heavy (non-hydrogen) atoms. The highest BCUT2D eigenvalue weighted by Crippen LogP contribution is 2.32. The summed E-state index contributed by atoms with van der Waals surface area (Å²) in [5.74, 6) is 0.0475. The molecule has 106 valence electrons. The fourth-order valence-electron chi connectivity index (χ4n) is 3.16. The predicted octanol–water partition coefficient (Wildman–Crippen LogP) is 4.81. The number of benzene rings is 1. The Morgan fingerprint density at radius 3 is 1.64 bits per heavy atom. The van der Waals surface area contributed by atoms with Crippen molar-refractivity contribution in [3.63, 3.8) is 0 Å². The molecular weight excluding hydrogens is 268 g/mol. The first-order valence-electron chi connectivity index (χ1n) is 7.58. The zero-order chi connectivity index (χ0) is 14.9. The monoisotopic (exact) mass is 284 g/mol. The van der Waals surface area contributed by atoms with Gasteiger partial charge in [0.05, 0.1) is 0 Å². The largest absolute Gasteiger partial charge is 0.290 e. The minimum absolute atomic E-state index is 0.0475. The number of carbonyl (C=O) groups excluding carboxylic acids is 1. The van der Waals surface area contributed by atoms with E-state index in [4.69, 9.17) is 0 Å². The molecule has 1 aromatic rings. The van der Waals surface area contributed by atoms with Gasteiger partial charge in [-0.3, -0.25) is 4.79 Å². The molecule has 0 saturated heterocycles. The summed E-state index contributed by atoms with van der Waals surface area (Å²) >= 11 is 0. The van der Waals surface area contributed by atoms with Crippen LogP contribution in [0.2, 0.25) is 0 Å². The first-order chi connectivity index (χ1) is 10.8. The standard InChI is InChI=1S/C21H16O/c22-21-7-5-15-9-16(6-8-21)11-18-12-17(10-15)13-19-3-1-2-4-20(19)14-18/h1-8,10-11,13-14H,9,12H2. The molecule has 1 aromatic carbocycles. The van der Waals surface area contributed by atoms with Crippen LogP contribution in [-0.4, -0.2) is 5.78 Å². The van der Waals surface area contributed by atoms with E-state index >= 15 is 0 Å². The van der Waals surface area contributed by atoms with Gasteiger partial charge in [-0.05, 0) is 58.4 Å². The summed E-state index contributed by atoms with van der Waals surface area (Å²) in [6.07, 6.45) is 18.0. The van der Waals surface area contributed by atoms with Crippen LogP contribution in [0.5, 0.6) is 0 Å². The Bertz CT molecular complexity index is 771. The van der Waals surface area contributed by atoms with Crippen LogP contribution in [0.4, 0.5) is 0 Å². The van der Waals surface area contributed by atoms with Crippen molar-refractivity contribution in [2.45, 2.75) is 12.8 Å². The molecule has 3 aliphatic rings. The minimum atomic E-state index is 0.0475. The molecule has 0 atom stereocenters. The molecule has 3 aliphatic carbocycles. The second kappa shape index (κ2) is 5.27. The highest BCUT2D eigenvalue weighted by Gasteiger charge is 2.13. The van der Waals surface area contributed by atoms with E-state index in [0.29, 0.717) is 0 Å². The maximum absolute atomic E-state index is 11.7. The van der Waals surface area contributed by atoms with Gasteiger partial charge in [-0.1, -0.05) is 60.7 Å². The second-order valence-corrected chi connectivity index (χ2v) is 5.93. The van der Waals surface area contributed by atoms with Gasteiger partial charge < -0.3 is 0 Å². The van der Waals surface area contributed by atoms with Gasteiger partial charge in [-0.25, -0.2) is 0 Å². The lowest BCUT2D eigenvalue weighted by Crippen LogP contribution is -1.97. The fraction of sp³-hybridized carbons (Fsp3) is 0.0952. The molecule has 0 N–H and O–H groups in total. The van der Waals surface area contributed by atoms with Crippen LogP contribution >= 0.6 is 0 Å². The Hall–Kier alpha value is -2.67. The zero-order valence-electron chi connectivity index (χ0n) is 12.3. The molecule has 0 spiro atoms. The van der Waals surface area contributed by atoms with Gasteiger partial charge in [0.1, 0.15) is 0 Å². The Balaban J connectivity index is 1.93. The second-order valence-electron chi connectivity index (χ2n) is 5.93. The topological polar surface area (TPSA) is 17.1 Å². The molecule has 1 nitrogen and oxygen atoms in total. The van der Waals surface area contributed by atoms with Crippen molar-refractivity contribution in [2.75, 3.05) is 0 Å². The van der Waals surface area contributed by atoms with E-state index in [9.17, 15) is 4.79 Å². The lowest BCUT2D eigenvalue weighted by molar-refractivity contribution is -0.110. The van der Waals surface area contributed by atoms with E-state index in [1.807, 2.05) is 12.2 Å². The van der Waals surface area contributed by atoms with Crippen molar-refractivity contribution in [3.8, 4) is 0 Å². The summed E-state index contributed by atoms with van der Waals surface area (Å²) < 4.78 is 0. The maximum Gasteiger partial charge on any atom is 0.178 e. The summed E-state index contributed by atoms with van der Waals surface area (Å²) in [6, 6.07) is 8.46. The number of hydrogen-bond donors (Lipinski definition) is 0. The maximum atomic E-state index is 11.7. The van der Waals surface area contributed by atoms with Gasteiger partial charge in [0.2, 0.25) is 0 Å². The van der Waals surface area contributed by atoms with Crippen molar-refractivity contribution in [3.05, 3.63) is 94.1 Å². The number of fused-ring (bicyclic) bond motifs is 5. The predicted molar refractivity (Wildman–Crippen MR) is 91.1 cm³/mol.